The van der Waals surface area contributed by atoms with Gasteiger partial charge in [0.2, 0.25) is 0 Å². The van der Waals surface area contributed by atoms with Crippen LogP contribution in [0.1, 0.15) is 128 Å². The lowest BCUT2D eigenvalue weighted by Gasteiger charge is -2.45. The number of anilines is 6. The van der Waals surface area contributed by atoms with E-state index in [9.17, 15) is 0 Å². The molecule has 0 radical (unpaired) electrons. The number of nitrogens with zero attached hydrogens (tertiary/aromatic N) is 3. The molecule has 0 amide bonds. The molecule has 4 aliphatic rings. The molecule has 0 unspecified atom stereocenters. The van der Waals surface area contributed by atoms with Crippen LogP contribution in [0.5, 0.6) is 0 Å². The molecule has 8 aromatic carbocycles. The van der Waals surface area contributed by atoms with E-state index in [1.807, 2.05) is 6.20 Å². The summed E-state index contributed by atoms with van der Waals surface area (Å²) in [5.41, 5.74) is 27.4. The third kappa shape index (κ3) is 6.46. The maximum absolute atomic E-state index is 7.34. The fraction of sp³-hybridized carbons (Fsp3) is 0.243. The molecule has 5 heteroatoms. The Morgan fingerprint density at radius 2 is 0.880 bits per heavy atom. The van der Waals surface area contributed by atoms with Crippen LogP contribution in [0.4, 0.5) is 34.1 Å². The van der Waals surface area contributed by atoms with Gasteiger partial charge < -0.3 is 14.2 Å². The van der Waals surface area contributed by atoms with E-state index in [1.54, 1.807) is 0 Å². The van der Waals surface area contributed by atoms with Crippen molar-refractivity contribution in [1.82, 2.24) is 4.98 Å². The van der Waals surface area contributed by atoms with Crippen LogP contribution in [-0.2, 0) is 27.1 Å². The molecule has 0 saturated heterocycles. The van der Waals surface area contributed by atoms with Crippen molar-refractivity contribution in [2.24, 2.45) is 0 Å². The molecule has 0 atom stereocenters. The Hall–Kier alpha value is -7.63. The van der Waals surface area contributed by atoms with Gasteiger partial charge >= 0.3 is 0 Å². The van der Waals surface area contributed by atoms with Crippen LogP contribution < -0.4 is 26.2 Å². The van der Waals surface area contributed by atoms with E-state index < -0.39 is 5.41 Å². The Labute approximate surface area is 443 Å². The summed E-state index contributed by atoms with van der Waals surface area (Å²) in [7, 11) is 0. The van der Waals surface area contributed by atoms with Crippen molar-refractivity contribution in [2.75, 3.05) is 9.80 Å². The van der Waals surface area contributed by atoms with Crippen LogP contribution in [-0.4, -0.2) is 11.7 Å². The number of aromatic nitrogens is 1. The van der Waals surface area contributed by atoms with E-state index in [-0.39, 0.29) is 28.4 Å². The molecule has 0 N–H and O–H groups in total. The topological polar surface area (TPSA) is 32.5 Å². The molecule has 0 bridgehead atoms. The van der Waals surface area contributed by atoms with Crippen LogP contribution in [0.3, 0.4) is 0 Å². The Kier molecular flexibility index (Phi) is 9.34. The molecule has 2 aromatic heterocycles. The first-order valence-electron chi connectivity index (χ1n) is 27.0. The average Bonchev–Trinajstić information content (AvgIpc) is 4.23. The smallest absolute Gasteiger partial charge is 0.252 e. The molecule has 4 heterocycles. The van der Waals surface area contributed by atoms with Gasteiger partial charge in [0, 0.05) is 57.3 Å². The highest BCUT2D eigenvalue weighted by molar-refractivity contribution is 7.00. The van der Waals surface area contributed by atoms with E-state index >= 15 is 0 Å². The van der Waals surface area contributed by atoms with E-state index in [1.165, 1.54) is 106 Å². The molecule has 0 fully saturated rings. The maximum Gasteiger partial charge on any atom is 0.252 e. The SMILES string of the molecule is CC(C)(C)c1ccc(N2c3cc(C(C)(C)C)ccc3B3c4cc5oc6cc7c(cc6c5cc4N(c4ccc(C(C)(C)C)cc4)c4cc(C(C)(C)C)cc2c43)-c2ccncc2C72c3ccccc3-c3ccccc32)cc1. The van der Waals surface area contributed by atoms with E-state index in [2.05, 4.69) is 257 Å². The van der Waals surface area contributed by atoms with E-state index in [0.717, 1.165) is 33.3 Å². The van der Waals surface area contributed by atoms with Crippen LogP contribution in [0.25, 0.3) is 44.2 Å². The summed E-state index contributed by atoms with van der Waals surface area (Å²) in [6, 6.07) is 60.9. The number of hydrogen-bond acceptors (Lipinski definition) is 4. The highest BCUT2D eigenvalue weighted by Crippen LogP contribution is 2.63. The zero-order valence-electron chi connectivity index (χ0n) is 45.5. The summed E-state index contributed by atoms with van der Waals surface area (Å²) in [6.45, 7) is 27.8. The minimum Gasteiger partial charge on any atom is -0.456 e. The van der Waals surface area contributed by atoms with Gasteiger partial charge in [-0.25, -0.2) is 0 Å². The van der Waals surface area contributed by atoms with Crippen molar-refractivity contribution in [3.05, 3.63) is 215 Å². The van der Waals surface area contributed by atoms with Gasteiger partial charge in [0.25, 0.3) is 6.71 Å². The predicted molar refractivity (Wildman–Crippen MR) is 317 cm³/mol. The van der Waals surface area contributed by atoms with Crippen molar-refractivity contribution in [3.63, 3.8) is 0 Å². The third-order valence-electron chi connectivity index (χ3n) is 17.4. The molecular formula is C70H64BN3O. The number of hydrogen-bond donors (Lipinski definition) is 0. The van der Waals surface area contributed by atoms with Gasteiger partial charge in [0.15, 0.2) is 0 Å². The summed E-state index contributed by atoms with van der Waals surface area (Å²) < 4.78 is 7.34. The fourth-order valence-electron chi connectivity index (χ4n) is 13.4. The highest BCUT2D eigenvalue weighted by atomic mass is 16.3. The molecule has 4 nitrogen and oxygen atoms in total. The molecule has 2 aliphatic heterocycles. The number of rotatable bonds is 2. The van der Waals surface area contributed by atoms with Gasteiger partial charge in [0.05, 0.1) is 5.41 Å². The minimum atomic E-state index is -0.520. The summed E-state index contributed by atoms with van der Waals surface area (Å²) in [5, 5.41) is 2.23. The van der Waals surface area contributed by atoms with E-state index in [4.69, 9.17) is 9.40 Å². The Morgan fingerprint density at radius 1 is 0.400 bits per heavy atom. The molecule has 368 valence electrons. The lowest BCUT2D eigenvalue weighted by atomic mass is 9.33. The minimum absolute atomic E-state index is 0.00541. The number of fused-ring (bicyclic) bond motifs is 17. The Morgan fingerprint density at radius 3 is 1.44 bits per heavy atom. The normalized spacial score (nSPS) is 15.0. The van der Waals surface area contributed by atoms with Gasteiger partial charge in [-0.3, -0.25) is 4.98 Å². The standard InChI is InChI=1S/C70H64BN3O/c1-66(2,3)41-21-26-45(27-22-41)73-59-33-43(68(7,8)9)25-30-57(59)71-58-39-64-52(37-60(58)74(46-28-23-42(24-29-46)67(4,5)6)62-35-44(69(10,11)12)34-61(73)65(62)71)51-36-50-49-31-32-72-40-56(49)70(55(50)38-63(51)75-64)53-19-15-13-17-47(53)48-18-14-16-20-54(48)70/h13-40H,1-12H3. The highest BCUT2D eigenvalue weighted by Gasteiger charge is 2.52. The zero-order valence-corrected chi connectivity index (χ0v) is 45.5. The van der Waals surface area contributed by atoms with Crippen molar-refractivity contribution < 1.29 is 4.42 Å². The van der Waals surface area contributed by atoms with Gasteiger partial charge in [-0.2, -0.15) is 0 Å². The van der Waals surface area contributed by atoms with Crippen molar-refractivity contribution >= 4 is 79.2 Å². The van der Waals surface area contributed by atoms with Gasteiger partial charge in [0.1, 0.15) is 11.2 Å². The monoisotopic (exact) mass is 974 g/mol. The lowest BCUT2D eigenvalue weighted by molar-refractivity contribution is 0.589. The average molecular weight is 974 g/mol. The number of furan rings is 1. The van der Waals surface area contributed by atoms with E-state index in [0.29, 0.717) is 0 Å². The second kappa shape index (κ2) is 15.3. The largest absolute Gasteiger partial charge is 0.456 e. The number of pyridine rings is 1. The van der Waals surface area contributed by atoms with Crippen LogP contribution >= 0.6 is 0 Å². The summed E-state index contributed by atoms with van der Waals surface area (Å²) in [4.78, 5) is 9.98. The van der Waals surface area contributed by atoms with Crippen molar-refractivity contribution in [2.45, 2.75) is 110 Å². The molecule has 10 aromatic rings. The molecular weight excluding hydrogens is 910 g/mol. The predicted octanol–water partition coefficient (Wildman–Crippen LogP) is 16.6. The van der Waals surface area contributed by atoms with Gasteiger partial charge in [-0.15, -0.1) is 0 Å². The first kappa shape index (κ1) is 45.9. The summed E-state index contributed by atoms with van der Waals surface area (Å²) in [5.74, 6) is 0. The fourth-order valence-corrected chi connectivity index (χ4v) is 13.4. The molecule has 1 spiro atoms. The summed E-state index contributed by atoms with van der Waals surface area (Å²) >= 11 is 0. The molecule has 0 saturated carbocycles. The van der Waals surface area contributed by atoms with Crippen molar-refractivity contribution in [3.8, 4) is 22.3 Å². The Bertz CT molecular complexity index is 4010. The quantitative estimate of drug-likeness (QED) is 0.162. The maximum atomic E-state index is 7.34. The van der Waals surface area contributed by atoms with Crippen LogP contribution in [0.15, 0.2) is 175 Å². The second-order valence-corrected chi connectivity index (χ2v) is 26.1. The number of benzene rings is 8. The van der Waals surface area contributed by atoms with Crippen LogP contribution in [0.2, 0.25) is 0 Å². The molecule has 75 heavy (non-hydrogen) atoms. The summed E-state index contributed by atoms with van der Waals surface area (Å²) in [6.07, 6.45) is 4.07. The second-order valence-electron chi connectivity index (χ2n) is 26.1. The third-order valence-corrected chi connectivity index (χ3v) is 17.4. The molecule has 2 aliphatic carbocycles. The zero-order chi connectivity index (χ0) is 51.9. The molecule has 14 rings (SSSR count). The Balaban J connectivity index is 1.07. The van der Waals surface area contributed by atoms with Gasteiger partial charge in [-0.1, -0.05) is 168 Å². The lowest BCUT2D eigenvalue weighted by Crippen LogP contribution is -2.61. The van der Waals surface area contributed by atoms with Crippen LogP contribution in [0, 0.1) is 0 Å². The first-order valence-corrected chi connectivity index (χ1v) is 27.0. The van der Waals surface area contributed by atoms with Crippen molar-refractivity contribution in [1.29, 1.82) is 0 Å². The van der Waals surface area contributed by atoms with Gasteiger partial charge in [-0.05, 0) is 178 Å². The first-order chi connectivity index (χ1) is 35.7.